The highest BCUT2D eigenvalue weighted by Crippen LogP contribution is 2.22. The van der Waals surface area contributed by atoms with Gasteiger partial charge in [0.05, 0.1) is 11.3 Å². The van der Waals surface area contributed by atoms with Gasteiger partial charge in [-0.15, -0.1) is 0 Å². The molecule has 0 atom stereocenters. The van der Waals surface area contributed by atoms with Crippen molar-refractivity contribution < 1.29 is 31.1 Å². The maximum Gasteiger partial charge on any atom is 0.260 e. The summed E-state index contributed by atoms with van der Waals surface area (Å²) in [6.07, 6.45) is 0. The summed E-state index contributed by atoms with van der Waals surface area (Å²) in [5.41, 5.74) is -1.45. The molecule has 2 rings (SSSR count). The Kier molecular flexibility index (Phi) is 5.07. The fourth-order valence-electron chi connectivity index (χ4n) is 1.66. The van der Waals surface area contributed by atoms with Crippen molar-refractivity contribution in [3.63, 3.8) is 0 Å². The fourth-order valence-corrected chi connectivity index (χ4v) is 1.86. The number of nitrogens with one attached hydrogen (secondary N) is 2. The highest BCUT2D eigenvalue weighted by Gasteiger charge is 2.20. The molecule has 0 unspecified atom stereocenters. The van der Waals surface area contributed by atoms with Crippen LogP contribution in [-0.2, 0) is 0 Å². The Morgan fingerprint density at radius 3 is 2.17 bits per heavy atom. The number of anilines is 1. The molecule has 0 radical (unpaired) electrons. The van der Waals surface area contributed by atoms with Gasteiger partial charge in [-0.1, -0.05) is 0 Å². The second-order valence-corrected chi connectivity index (χ2v) is 4.79. The van der Waals surface area contributed by atoms with Crippen molar-refractivity contribution in [2.45, 2.75) is 0 Å². The Labute approximate surface area is 136 Å². The lowest BCUT2D eigenvalue weighted by molar-refractivity contribution is 0.0973. The minimum Gasteiger partial charge on any atom is -0.330 e. The number of carbonyl (C=O) groups excluding carboxylic acids is 1. The molecule has 126 valence electrons. The largest absolute Gasteiger partial charge is 0.330 e. The van der Waals surface area contributed by atoms with Crippen molar-refractivity contribution in [2.75, 3.05) is 5.32 Å². The molecule has 0 aliphatic heterocycles. The van der Waals surface area contributed by atoms with Crippen molar-refractivity contribution in [3.05, 3.63) is 64.7 Å². The Balaban J connectivity index is 2.15. The van der Waals surface area contributed by atoms with Crippen molar-refractivity contribution in [2.24, 2.45) is 0 Å². The van der Waals surface area contributed by atoms with Crippen LogP contribution in [0, 0.1) is 34.9 Å². The molecule has 2 aromatic carbocycles. The molecule has 2 N–H and O–H groups in total. The third-order valence-electron chi connectivity index (χ3n) is 2.75. The van der Waals surface area contributed by atoms with Gasteiger partial charge in [-0.3, -0.25) is 10.1 Å². The van der Waals surface area contributed by atoms with Crippen LogP contribution in [-0.4, -0.2) is 11.0 Å². The maximum absolute atomic E-state index is 13.5. The van der Waals surface area contributed by atoms with E-state index in [0.717, 1.165) is 12.1 Å². The first kappa shape index (κ1) is 17.7. The van der Waals surface area contributed by atoms with Crippen LogP contribution in [0.4, 0.5) is 32.0 Å². The summed E-state index contributed by atoms with van der Waals surface area (Å²) in [5, 5.41) is 3.19. The topological polar surface area (TPSA) is 41.1 Å². The van der Waals surface area contributed by atoms with Crippen LogP contribution < -0.4 is 10.6 Å². The highest BCUT2D eigenvalue weighted by atomic mass is 32.1. The lowest BCUT2D eigenvalue weighted by Gasteiger charge is -2.11. The number of amides is 1. The Morgan fingerprint density at radius 2 is 1.54 bits per heavy atom. The van der Waals surface area contributed by atoms with Crippen molar-refractivity contribution in [1.82, 2.24) is 5.32 Å². The van der Waals surface area contributed by atoms with Gasteiger partial charge >= 0.3 is 0 Å². The molecule has 0 aliphatic rings. The predicted molar refractivity (Wildman–Crippen MR) is 76.3 cm³/mol. The van der Waals surface area contributed by atoms with E-state index < -0.39 is 57.2 Å². The number of hydrogen-bond acceptors (Lipinski definition) is 2. The number of halogens is 6. The third kappa shape index (κ3) is 3.65. The SMILES string of the molecule is O=C(NC(=S)Nc1cc(F)c(F)c(F)c1F)c1ccc(F)cc1F. The van der Waals surface area contributed by atoms with Gasteiger partial charge in [0, 0.05) is 12.1 Å². The Hall–Kier alpha value is -2.62. The smallest absolute Gasteiger partial charge is 0.260 e. The van der Waals surface area contributed by atoms with E-state index >= 15 is 0 Å². The molecule has 0 aliphatic carbocycles. The van der Waals surface area contributed by atoms with Crippen LogP contribution in [0.3, 0.4) is 0 Å². The summed E-state index contributed by atoms with van der Waals surface area (Å²) in [7, 11) is 0. The zero-order valence-electron chi connectivity index (χ0n) is 11.4. The quantitative estimate of drug-likeness (QED) is 0.370. The molecule has 1 amide bonds. The summed E-state index contributed by atoms with van der Waals surface area (Å²) in [6, 6.07) is 2.39. The Bertz CT molecular complexity index is 842. The van der Waals surface area contributed by atoms with Crippen LogP contribution in [0.25, 0.3) is 0 Å². The van der Waals surface area contributed by atoms with Crippen LogP contribution in [0.1, 0.15) is 10.4 Å². The average Bonchev–Trinajstić information content (AvgIpc) is 2.50. The van der Waals surface area contributed by atoms with Crippen LogP contribution in [0.5, 0.6) is 0 Å². The summed E-state index contributed by atoms with van der Waals surface area (Å²) in [5.74, 6) is -10.7. The van der Waals surface area contributed by atoms with Crippen LogP contribution in [0.15, 0.2) is 24.3 Å². The summed E-state index contributed by atoms with van der Waals surface area (Å²) in [6.45, 7) is 0. The molecular formula is C14H6F6N2OS. The standard InChI is InChI=1S/C14H6F6N2OS/c15-5-1-2-6(7(16)3-5)13(23)22-14(24)21-9-4-8(17)10(18)12(20)11(9)19/h1-4H,(H2,21,22,23,24). The number of hydrogen-bond donors (Lipinski definition) is 2. The molecule has 0 spiro atoms. The number of carbonyl (C=O) groups is 1. The van der Waals surface area contributed by atoms with Gasteiger partial charge in [0.1, 0.15) is 11.6 Å². The predicted octanol–water partition coefficient (Wildman–Crippen LogP) is 3.65. The zero-order chi connectivity index (χ0) is 18.0. The normalized spacial score (nSPS) is 10.4. The van der Waals surface area contributed by atoms with E-state index in [1.165, 1.54) is 0 Å². The molecule has 0 saturated heterocycles. The molecule has 2 aromatic rings. The molecule has 0 heterocycles. The minimum absolute atomic E-state index is 0.282. The summed E-state index contributed by atoms with van der Waals surface area (Å²) < 4.78 is 78.6. The lowest BCUT2D eigenvalue weighted by atomic mass is 10.2. The van der Waals surface area contributed by atoms with Crippen molar-refractivity contribution in [3.8, 4) is 0 Å². The fraction of sp³-hybridized carbons (Fsp3) is 0. The van der Waals surface area contributed by atoms with E-state index in [0.29, 0.717) is 6.07 Å². The maximum atomic E-state index is 13.5. The lowest BCUT2D eigenvalue weighted by Crippen LogP contribution is -2.35. The highest BCUT2D eigenvalue weighted by molar-refractivity contribution is 7.80. The minimum atomic E-state index is -2.07. The Morgan fingerprint density at radius 1 is 0.875 bits per heavy atom. The van der Waals surface area contributed by atoms with E-state index in [-0.39, 0.29) is 6.07 Å². The number of rotatable bonds is 2. The van der Waals surface area contributed by atoms with E-state index in [1.54, 1.807) is 0 Å². The molecular weight excluding hydrogens is 358 g/mol. The zero-order valence-corrected chi connectivity index (χ0v) is 12.2. The van der Waals surface area contributed by atoms with Crippen molar-refractivity contribution in [1.29, 1.82) is 0 Å². The second kappa shape index (κ2) is 6.87. The van der Waals surface area contributed by atoms with Gasteiger partial charge in [0.2, 0.25) is 0 Å². The monoisotopic (exact) mass is 364 g/mol. The first-order chi connectivity index (χ1) is 11.2. The van der Waals surface area contributed by atoms with E-state index in [9.17, 15) is 31.1 Å². The first-order valence-electron chi connectivity index (χ1n) is 6.11. The molecule has 0 fully saturated rings. The van der Waals surface area contributed by atoms with Gasteiger partial charge in [-0.25, -0.2) is 26.3 Å². The third-order valence-corrected chi connectivity index (χ3v) is 2.96. The number of thiocarbonyl (C=S) groups is 1. The number of benzene rings is 2. The molecule has 0 saturated carbocycles. The average molecular weight is 364 g/mol. The molecule has 3 nitrogen and oxygen atoms in total. The second-order valence-electron chi connectivity index (χ2n) is 4.38. The van der Waals surface area contributed by atoms with E-state index in [2.05, 4.69) is 12.2 Å². The molecule has 10 heteroatoms. The molecule has 0 aromatic heterocycles. The van der Waals surface area contributed by atoms with E-state index in [4.69, 9.17) is 0 Å². The summed E-state index contributed by atoms with van der Waals surface area (Å²) >= 11 is 4.62. The van der Waals surface area contributed by atoms with E-state index in [1.807, 2.05) is 10.6 Å². The van der Waals surface area contributed by atoms with Gasteiger partial charge in [-0.2, -0.15) is 0 Å². The van der Waals surface area contributed by atoms with Crippen molar-refractivity contribution >= 4 is 28.9 Å². The van der Waals surface area contributed by atoms with Gasteiger partial charge in [0.25, 0.3) is 5.91 Å². The van der Waals surface area contributed by atoms with Gasteiger partial charge in [0.15, 0.2) is 28.4 Å². The first-order valence-corrected chi connectivity index (χ1v) is 6.52. The van der Waals surface area contributed by atoms with Crippen LogP contribution in [0.2, 0.25) is 0 Å². The van der Waals surface area contributed by atoms with Gasteiger partial charge < -0.3 is 5.32 Å². The van der Waals surface area contributed by atoms with Crippen LogP contribution >= 0.6 is 12.2 Å². The molecule has 0 bridgehead atoms. The molecule has 24 heavy (non-hydrogen) atoms. The van der Waals surface area contributed by atoms with Gasteiger partial charge in [-0.05, 0) is 24.4 Å². The summed E-state index contributed by atoms with van der Waals surface area (Å²) in [4.78, 5) is 11.7.